The number of amides is 1. The van der Waals surface area contributed by atoms with E-state index in [2.05, 4.69) is 43.5 Å². The highest BCUT2D eigenvalue weighted by molar-refractivity contribution is 5.81. The van der Waals surface area contributed by atoms with E-state index in [0.29, 0.717) is 19.0 Å². The zero-order valence-electron chi connectivity index (χ0n) is 17.8. The summed E-state index contributed by atoms with van der Waals surface area (Å²) >= 11 is 0. The van der Waals surface area contributed by atoms with Gasteiger partial charge in [0.2, 0.25) is 5.91 Å². The fourth-order valence-corrected chi connectivity index (χ4v) is 4.39. The van der Waals surface area contributed by atoms with E-state index in [1.165, 1.54) is 12.0 Å². The van der Waals surface area contributed by atoms with Crippen LogP contribution in [0.25, 0.3) is 10.9 Å². The van der Waals surface area contributed by atoms with E-state index in [1.807, 2.05) is 36.9 Å². The van der Waals surface area contributed by atoms with Gasteiger partial charge in [-0.2, -0.15) is 5.10 Å². The minimum Gasteiger partial charge on any atom is -0.355 e. The molecule has 158 valence electrons. The van der Waals surface area contributed by atoms with Crippen LogP contribution in [0, 0.1) is 19.8 Å². The van der Waals surface area contributed by atoms with Crippen molar-refractivity contribution in [1.82, 2.24) is 30.0 Å². The second kappa shape index (κ2) is 9.34. The molecule has 3 aromatic rings. The molecule has 4 rings (SSSR count). The van der Waals surface area contributed by atoms with Crippen LogP contribution in [-0.2, 0) is 17.8 Å². The van der Waals surface area contributed by atoms with Gasteiger partial charge in [-0.15, -0.1) is 0 Å². The fourth-order valence-electron chi connectivity index (χ4n) is 4.39. The molecule has 1 unspecified atom stereocenters. The number of pyridine rings is 1. The van der Waals surface area contributed by atoms with Crippen LogP contribution in [0.1, 0.15) is 30.1 Å². The third-order valence-corrected chi connectivity index (χ3v) is 5.80. The molecule has 0 saturated carbocycles. The predicted octanol–water partition coefficient (Wildman–Crippen LogP) is 2.51. The lowest BCUT2D eigenvalue weighted by Gasteiger charge is -2.32. The van der Waals surface area contributed by atoms with Gasteiger partial charge in [-0.1, -0.05) is 24.3 Å². The Morgan fingerprint density at radius 3 is 2.93 bits per heavy atom. The van der Waals surface area contributed by atoms with Crippen molar-refractivity contribution in [3.05, 3.63) is 53.7 Å². The SMILES string of the molecule is Cc1nc(C)n(CC2CCCN(CC(=O)NCCc3cccc4cccnc34)C2)n1. The topological polar surface area (TPSA) is 75.9 Å². The Kier molecular flexibility index (Phi) is 6.38. The lowest BCUT2D eigenvalue weighted by Crippen LogP contribution is -2.43. The Bertz CT molecular complexity index is 1010. The van der Waals surface area contributed by atoms with Gasteiger partial charge in [0, 0.05) is 31.2 Å². The lowest BCUT2D eigenvalue weighted by atomic mass is 9.98. The van der Waals surface area contributed by atoms with Gasteiger partial charge in [0.1, 0.15) is 11.6 Å². The molecule has 1 aromatic carbocycles. The number of benzene rings is 1. The first-order valence-corrected chi connectivity index (χ1v) is 10.8. The maximum absolute atomic E-state index is 12.5. The molecule has 30 heavy (non-hydrogen) atoms. The number of aromatic nitrogens is 4. The van der Waals surface area contributed by atoms with Crippen LogP contribution in [0.4, 0.5) is 0 Å². The summed E-state index contributed by atoms with van der Waals surface area (Å²) in [5.41, 5.74) is 2.19. The highest BCUT2D eigenvalue weighted by Crippen LogP contribution is 2.19. The number of fused-ring (bicyclic) bond motifs is 1. The third-order valence-electron chi connectivity index (χ3n) is 5.80. The van der Waals surface area contributed by atoms with E-state index < -0.39 is 0 Å². The number of carbonyl (C=O) groups excluding carboxylic acids is 1. The van der Waals surface area contributed by atoms with Gasteiger partial charge in [-0.3, -0.25) is 14.7 Å². The van der Waals surface area contributed by atoms with E-state index in [1.54, 1.807) is 0 Å². The zero-order valence-corrected chi connectivity index (χ0v) is 17.8. The molecule has 1 atom stereocenters. The first kappa shape index (κ1) is 20.5. The molecule has 0 radical (unpaired) electrons. The number of hydrogen-bond acceptors (Lipinski definition) is 5. The number of para-hydroxylation sites is 1. The lowest BCUT2D eigenvalue weighted by molar-refractivity contribution is -0.122. The highest BCUT2D eigenvalue weighted by atomic mass is 16.2. The van der Waals surface area contributed by atoms with Gasteiger partial charge in [0.25, 0.3) is 0 Å². The highest BCUT2D eigenvalue weighted by Gasteiger charge is 2.22. The average molecular weight is 407 g/mol. The summed E-state index contributed by atoms with van der Waals surface area (Å²) in [6.07, 6.45) is 4.89. The summed E-state index contributed by atoms with van der Waals surface area (Å²) in [4.78, 5) is 23.6. The van der Waals surface area contributed by atoms with Crippen LogP contribution >= 0.6 is 0 Å². The van der Waals surface area contributed by atoms with Crippen molar-refractivity contribution in [2.75, 3.05) is 26.2 Å². The standard InChI is InChI=1S/C23H30N6O/c1-17-26-18(2)29(27-17)15-19-6-5-13-28(14-19)16-22(30)24-12-10-21-8-3-7-20-9-4-11-25-23(20)21/h3-4,7-9,11,19H,5-6,10,12-16H2,1-2H3,(H,24,30). The molecule has 1 aliphatic heterocycles. The molecular weight excluding hydrogens is 376 g/mol. The number of carbonyl (C=O) groups is 1. The molecule has 7 nitrogen and oxygen atoms in total. The first-order chi connectivity index (χ1) is 14.6. The molecule has 0 bridgehead atoms. The van der Waals surface area contributed by atoms with Crippen molar-refractivity contribution in [1.29, 1.82) is 0 Å². The monoisotopic (exact) mass is 406 g/mol. The zero-order chi connectivity index (χ0) is 20.9. The summed E-state index contributed by atoms with van der Waals surface area (Å²) in [6.45, 7) is 7.79. The number of likely N-dealkylation sites (tertiary alicyclic amines) is 1. The van der Waals surface area contributed by atoms with Gasteiger partial charge in [0.05, 0.1) is 12.1 Å². The van der Waals surface area contributed by atoms with Gasteiger partial charge in [-0.25, -0.2) is 9.67 Å². The molecule has 1 N–H and O–H groups in total. The molecule has 1 amide bonds. The predicted molar refractivity (Wildman–Crippen MR) is 117 cm³/mol. The maximum atomic E-state index is 12.5. The van der Waals surface area contributed by atoms with E-state index >= 15 is 0 Å². The molecule has 2 aromatic heterocycles. The summed E-state index contributed by atoms with van der Waals surface area (Å²) in [6, 6.07) is 10.2. The molecule has 0 spiro atoms. The van der Waals surface area contributed by atoms with Crippen molar-refractivity contribution in [3.63, 3.8) is 0 Å². The molecule has 3 heterocycles. The van der Waals surface area contributed by atoms with Gasteiger partial charge in [-0.05, 0) is 57.2 Å². The summed E-state index contributed by atoms with van der Waals surface area (Å²) in [5, 5.41) is 8.71. The van der Waals surface area contributed by atoms with Crippen molar-refractivity contribution in [2.24, 2.45) is 5.92 Å². The number of nitrogens with zero attached hydrogens (tertiary/aromatic N) is 5. The van der Waals surface area contributed by atoms with Crippen molar-refractivity contribution >= 4 is 16.8 Å². The summed E-state index contributed by atoms with van der Waals surface area (Å²) in [7, 11) is 0. The molecule has 7 heteroatoms. The van der Waals surface area contributed by atoms with Crippen molar-refractivity contribution < 1.29 is 4.79 Å². The summed E-state index contributed by atoms with van der Waals surface area (Å²) in [5.74, 6) is 2.39. The Labute approximate surface area is 177 Å². The van der Waals surface area contributed by atoms with Crippen LogP contribution < -0.4 is 5.32 Å². The Hall–Kier alpha value is -2.80. The Morgan fingerprint density at radius 1 is 1.23 bits per heavy atom. The van der Waals surface area contributed by atoms with E-state index in [0.717, 1.165) is 55.0 Å². The smallest absolute Gasteiger partial charge is 0.234 e. The number of nitrogens with one attached hydrogen (secondary N) is 1. The normalized spacial score (nSPS) is 17.3. The number of aryl methyl sites for hydroxylation is 2. The van der Waals surface area contributed by atoms with E-state index in [4.69, 9.17) is 0 Å². The van der Waals surface area contributed by atoms with Crippen LogP contribution in [0.5, 0.6) is 0 Å². The first-order valence-electron chi connectivity index (χ1n) is 10.8. The maximum Gasteiger partial charge on any atom is 0.234 e. The largest absolute Gasteiger partial charge is 0.355 e. The number of hydrogen-bond donors (Lipinski definition) is 1. The molecule has 1 aliphatic rings. The summed E-state index contributed by atoms with van der Waals surface area (Å²) < 4.78 is 2.00. The molecule has 1 fully saturated rings. The molecule has 0 aliphatic carbocycles. The fraction of sp³-hybridized carbons (Fsp3) is 0.478. The number of piperidine rings is 1. The molecule has 1 saturated heterocycles. The van der Waals surface area contributed by atoms with Gasteiger partial charge in [0.15, 0.2) is 0 Å². The van der Waals surface area contributed by atoms with Crippen LogP contribution in [0.15, 0.2) is 36.5 Å². The Balaban J connectivity index is 1.25. The van der Waals surface area contributed by atoms with Gasteiger partial charge < -0.3 is 5.32 Å². The number of rotatable bonds is 7. The van der Waals surface area contributed by atoms with E-state index in [-0.39, 0.29) is 5.91 Å². The van der Waals surface area contributed by atoms with Crippen molar-refractivity contribution in [3.8, 4) is 0 Å². The van der Waals surface area contributed by atoms with Crippen LogP contribution in [0.2, 0.25) is 0 Å². The van der Waals surface area contributed by atoms with Gasteiger partial charge >= 0.3 is 0 Å². The van der Waals surface area contributed by atoms with Crippen molar-refractivity contribution in [2.45, 2.75) is 39.7 Å². The van der Waals surface area contributed by atoms with Crippen LogP contribution in [0.3, 0.4) is 0 Å². The minimum atomic E-state index is 0.0941. The second-order valence-electron chi connectivity index (χ2n) is 8.22. The Morgan fingerprint density at radius 2 is 2.10 bits per heavy atom. The van der Waals surface area contributed by atoms with Crippen LogP contribution in [-0.4, -0.2) is 56.7 Å². The quantitative estimate of drug-likeness (QED) is 0.653. The third kappa shape index (κ3) is 5.02. The molecular formula is C23H30N6O. The average Bonchev–Trinajstić information content (AvgIpc) is 3.05. The minimum absolute atomic E-state index is 0.0941. The second-order valence-corrected chi connectivity index (χ2v) is 8.22. The van der Waals surface area contributed by atoms with E-state index in [9.17, 15) is 4.79 Å².